The van der Waals surface area contributed by atoms with Gasteiger partial charge in [-0.1, -0.05) is 30.3 Å². The largest absolute Gasteiger partial charge is 0.490 e. The van der Waals surface area contributed by atoms with Gasteiger partial charge in [-0.25, -0.2) is 9.59 Å². The average Bonchev–Trinajstić information content (AvgIpc) is 3.52. The lowest BCUT2D eigenvalue weighted by Gasteiger charge is -2.35. The van der Waals surface area contributed by atoms with E-state index in [-0.39, 0.29) is 30.0 Å². The van der Waals surface area contributed by atoms with Crippen LogP contribution in [0.25, 0.3) is 10.1 Å². The summed E-state index contributed by atoms with van der Waals surface area (Å²) in [7, 11) is 0. The fourth-order valence-corrected chi connectivity index (χ4v) is 5.92. The number of alkyl halides is 3. The Morgan fingerprint density at radius 3 is 2.37 bits per heavy atom. The fraction of sp³-hybridized carbons (Fsp3) is 0.310. The van der Waals surface area contributed by atoms with Gasteiger partial charge in [-0.3, -0.25) is 24.7 Å². The maximum Gasteiger partial charge on any atom is 0.490 e. The van der Waals surface area contributed by atoms with E-state index < -0.39 is 23.6 Å². The molecule has 0 atom stereocenters. The van der Waals surface area contributed by atoms with Gasteiger partial charge in [0.1, 0.15) is 28.7 Å². The number of piperidine rings is 1. The van der Waals surface area contributed by atoms with Crippen LogP contribution in [0.1, 0.15) is 40.5 Å². The van der Waals surface area contributed by atoms with Gasteiger partial charge in [0.25, 0.3) is 17.7 Å². The first kappa shape index (κ1) is 33.7. The number of hydrogen-bond acceptors (Lipinski definition) is 8. The predicted octanol–water partition coefficient (Wildman–Crippen LogP) is 3.36. The minimum atomic E-state index is -5.08. The molecule has 1 saturated heterocycles. The summed E-state index contributed by atoms with van der Waals surface area (Å²) in [6, 6.07) is 13.7. The van der Waals surface area contributed by atoms with Gasteiger partial charge in [0.2, 0.25) is 0 Å². The molecule has 3 aromatic rings. The normalized spacial score (nSPS) is 15.3. The number of halogens is 3. The molecule has 3 heterocycles. The molecule has 2 aliphatic rings. The molecule has 13 nitrogen and oxygen atoms in total. The molecule has 2 aliphatic heterocycles. The molecule has 0 saturated carbocycles. The van der Waals surface area contributed by atoms with Crippen LogP contribution in [0.3, 0.4) is 0 Å². The number of amidine groups is 1. The highest BCUT2D eigenvalue weighted by Gasteiger charge is 2.47. The van der Waals surface area contributed by atoms with Crippen LogP contribution >= 0.6 is 11.3 Å². The number of nitrogens with two attached hydrogens (primary N) is 1. The zero-order valence-electron chi connectivity index (χ0n) is 24.3. The topological polar surface area (TPSA) is 193 Å². The third-order valence-corrected chi connectivity index (χ3v) is 8.13. The molecular weight excluding hydrogens is 633 g/mol. The summed E-state index contributed by atoms with van der Waals surface area (Å²) in [5.74, 6) is -3.15. The molecule has 1 aromatic heterocycles. The average molecular weight is 663 g/mol. The molecule has 1 spiro atoms. The van der Waals surface area contributed by atoms with Crippen molar-refractivity contribution in [3.8, 4) is 5.75 Å². The molecule has 5 amide bonds. The minimum absolute atomic E-state index is 0.0316. The minimum Gasteiger partial charge on any atom is -0.485 e. The van der Waals surface area contributed by atoms with Crippen LogP contribution < -0.4 is 26.4 Å². The number of amides is 5. The second-order valence-corrected chi connectivity index (χ2v) is 11.1. The van der Waals surface area contributed by atoms with Gasteiger partial charge >= 0.3 is 18.2 Å². The van der Waals surface area contributed by atoms with E-state index in [1.807, 2.05) is 31.2 Å². The number of aliphatic imine (C=N–C) groups is 1. The fourth-order valence-electron chi connectivity index (χ4n) is 4.83. The smallest absolute Gasteiger partial charge is 0.485 e. The summed E-state index contributed by atoms with van der Waals surface area (Å²) >= 11 is 1.35. The molecule has 244 valence electrons. The molecular formula is C29H29F3N6O7S. The van der Waals surface area contributed by atoms with Gasteiger partial charge in [-0.15, -0.1) is 11.3 Å². The highest BCUT2D eigenvalue weighted by Crippen LogP contribution is 2.38. The lowest BCUT2D eigenvalue weighted by Crippen LogP contribution is -2.50. The Kier molecular flexibility index (Phi) is 10.1. The van der Waals surface area contributed by atoms with E-state index in [0.717, 1.165) is 10.1 Å². The number of urea groups is 1. The van der Waals surface area contributed by atoms with E-state index in [4.69, 9.17) is 20.4 Å². The summed E-state index contributed by atoms with van der Waals surface area (Å²) < 4.78 is 38.4. The first-order valence-corrected chi connectivity index (χ1v) is 14.6. The number of benzene rings is 2. The number of nitrogens with one attached hydrogen (secondary N) is 3. The van der Waals surface area contributed by atoms with Gasteiger partial charge in [-0.05, 0) is 38.0 Å². The lowest BCUT2D eigenvalue weighted by molar-refractivity contribution is -0.192. The van der Waals surface area contributed by atoms with Gasteiger partial charge in [0.15, 0.2) is 0 Å². The first-order chi connectivity index (χ1) is 21.8. The van der Waals surface area contributed by atoms with Crippen LogP contribution in [-0.2, 0) is 9.59 Å². The number of aliphatic carboxylic acids is 1. The summed E-state index contributed by atoms with van der Waals surface area (Å²) in [4.78, 5) is 65.8. The quantitative estimate of drug-likeness (QED) is 0.256. The summed E-state index contributed by atoms with van der Waals surface area (Å²) in [5, 5.41) is 16.7. The van der Waals surface area contributed by atoms with Gasteiger partial charge in [0, 0.05) is 29.7 Å². The van der Waals surface area contributed by atoms with E-state index in [1.54, 1.807) is 29.2 Å². The zero-order chi connectivity index (χ0) is 33.6. The first-order valence-electron chi connectivity index (χ1n) is 13.8. The van der Waals surface area contributed by atoms with Crippen molar-refractivity contribution in [3.63, 3.8) is 0 Å². The number of thiophene rings is 1. The Hall–Kier alpha value is -5.19. The van der Waals surface area contributed by atoms with E-state index in [2.05, 4.69) is 20.9 Å². The second kappa shape index (κ2) is 13.8. The number of carbonyl (C=O) groups excluding carboxylic acids is 4. The third-order valence-electron chi connectivity index (χ3n) is 7.04. The molecule has 0 bridgehead atoms. The molecule has 17 heteroatoms. The number of carboxylic acid groups (broad SMARTS) is 1. The number of fused-ring (bicyclic) bond motifs is 1. The van der Waals surface area contributed by atoms with Crippen molar-refractivity contribution < 1.29 is 47.0 Å². The van der Waals surface area contributed by atoms with Crippen LogP contribution in [-0.4, -0.2) is 83.5 Å². The standard InChI is InChI=1S/C27H28N6O5S.C2HF3O2/c1-2-29-26(37)31-23-21(17-8-4-6-10-19(17)39-23)24(35)33-13-11-27(12-14-33)25(36)30-20(32-27)15-38-18-9-5-3-7-16(18)22(28)34;3-2(4,5)1(6)7/h3-10H,2,11-15H2,1H3,(H2,28,34)(H2,29,31,37)(H,30,32,36);(H,6,7). The van der Waals surface area contributed by atoms with Gasteiger partial charge < -0.3 is 31.1 Å². The van der Waals surface area contributed by atoms with Crippen LogP contribution in [0.15, 0.2) is 53.5 Å². The van der Waals surface area contributed by atoms with E-state index >= 15 is 0 Å². The number of primary amides is 1. The SMILES string of the molecule is CCNC(=O)Nc1sc2ccccc2c1C(=O)N1CCC2(CC1)N=C(COc1ccccc1C(N)=O)NC2=O.O=C(O)C(F)(F)F. The predicted molar refractivity (Wildman–Crippen MR) is 162 cm³/mol. The molecule has 6 N–H and O–H groups in total. The van der Waals surface area contributed by atoms with Crippen molar-refractivity contribution in [2.24, 2.45) is 10.7 Å². The summed E-state index contributed by atoms with van der Waals surface area (Å²) in [5.41, 5.74) is 5.10. The molecule has 1 fully saturated rings. The number of anilines is 1. The van der Waals surface area contributed by atoms with Gasteiger partial charge in [0.05, 0.1) is 11.1 Å². The molecule has 46 heavy (non-hydrogen) atoms. The van der Waals surface area contributed by atoms with E-state index in [1.165, 1.54) is 11.3 Å². The van der Waals surface area contributed by atoms with Crippen LogP contribution in [0.5, 0.6) is 5.75 Å². The Labute approximate surface area is 263 Å². The Morgan fingerprint density at radius 2 is 1.74 bits per heavy atom. The van der Waals surface area contributed by atoms with Crippen LogP contribution in [0.4, 0.5) is 23.0 Å². The van der Waals surface area contributed by atoms with Crippen molar-refractivity contribution in [1.29, 1.82) is 0 Å². The summed E-state index contributed by atoms with van der Waals surface area (Å²) in [6.07, 6.45) is -4.40. The lowest BCUT2D eigenvalue weighted by atomic mass is 9.87. The summed E-state index contributed by atoms with van der Waals surface area (Å²) in [6.45, 7) is 2.88. The van der Waals surface area contributed by atoms with Crippen molar-refractivity contribution >= 4 is 62.0 Å². The van der Waals surface area contributed by atoms with Crippen molar-refractivity contribution in [3.05, 3.63) is 59.7 Å². The number of rotatable bonds is 7. The Balaban J connectivity index is 0.000000617. The highest BCUT2D eigenvalue weighted by atomic mass is 32.1. The van der Waals surface area contributed by atoms with E-state index in [9.17, 15) is 32.3 Å². The Bertz CT molecular complexity index is 1700. The molecule has 2 aromatic carbocycles. The maximum absolute atomic E-state index is 13.7. The molecule has 0 aliphatic carbocycles. The Morgan fingerprint density at radius 1 is 1.11 bits per heavy atom. The van der Waals surface area contributed by atoms with Crippen LogP contribution in [0, 0.1) is 0 Å². The molecule has 0 radical (unpaired) electrons. The van der Waals surface area contributed by atoms with Crippen molar-refractivity contribution in [1.82, 2.24) is 15.5 Å². The van der Waals surface area contributed by atoms with E-state index in [0.29, 0.717) is 54.6 Å². The number of carboxylic acids is 1. The van der Waals surface area contributed by atoms with Crippen molar-refractivity contribution in [2.45, 2.75) is 31.5 Å². The number of hydrogen-bond donors (Lipinski definition) is 5. The number of ether oxygens (including phenoxy) is 1. The van der Waals surface area contributed by atoms with Gasteiger partial charge in [-0.2, -0.15) is 13.2 Å². The van der Waals surface area contributed by atoms with Crippen molar-refractivity contribution in [2.75, 3.05) is 31.6 Å². The monoisotopic (exact) mass is 662 g/mol. The highest BCUT2D eigenvalue weighted by molar-refractivity contribution is 7.23. The number of para-hydroxylation sites is 1. The molecule has 0 unspecified atom stereocenters. The number of nitrogens with zero attached hydrogens (tertiary/aromatic N) is 2. The number of carbonyl (C=O) groups is 5. The zero-order valence-corrected chi connectivity index (χ0v) is 25.1. The maximum atomic E-state index is 13.7. The van der Waals surface area contributed by atoms with Crippen LogP contribution in [0.2, 0.25) is 0 Å². The second-order valence-electron chi connectivity index (χ2n) is 10.1. The molecule has 5 rings (SSSR count). The third kappa shape index (κ3) is 7.53. The number of likely N-dealkylation sites (tertiary alicyclic amines) is 1.